The molecular formula is C11H11N5O2. The van der Waals surface area contributed by atoms with Gasteiger partial charge in [0, 0.05) is 13.1 Å². The molecule has 0 radical (unpaired) electrons. The molecule has 2 heterocycles. The number of nitrogens with two attached hydrogens (primary N) is 1. The van der Waals surface area contributed by atoms with E-state index in [9.17, 15) is 0 Å². The van der Waals surface area contributed by atoms with Gasteiger partial charge in [0.25, 0.3) is 0 Å². The average molecular weight is 245 g/mol. The molecule has 0 saturated heterocycles. The van der Waals surface area contributed by atoms with E-state index in [1.165, 1.54) is 11.1 Å². The lowest BCUT2D eigenvalue weighted by Crippen LogP contribution is -2.27. The monoisotopic (exact) mass is 245 g/mol. The molecule has 1 aromatic heterocycles. The van der Waals surface area contributed by atoms with Crippen LogP contribution in [0.3, 0.4) is 0 Å². The van der Waals surface area contributed by atoms with Gasteiger partial charge in [-0.2, -0.15) is 0 Å². The zero-order chi connectivity index (χ0) is 12.5. The van der Waals surface area contributed by atoms with E-state index in [-0.39, 0.29) is 17.3 Å². The number of rotatable bonds is 1. The van der Waals surface area contributed by atoms with Crippen molar-refractivity contribution in [2.75, 3.05) is 5.73 Å². The highest BCUT2D eigenvalue weighted by Gasteiger charge is 2.26. The summed E-state index contributed by atoms with van der Waals surface area (Å²) in [6.07, 6.45) is 0. The third-order valence-corrected chi connectivity index (χ3v) is 2.96. The molecule has 0 atom stereocenters. The maximum atomic E-state index is 9.14. The molecule has 1 aromatic carbocycles. The van der Waals surface area contributed by atoms with Gasteiger partial charge in [-0.25, -0.2) is 4.63 Å². The van der Waals surface area contributed by atoms with Crippen molar-refractivity contribution in [2.24, 2.45) is 5.16 Å². The Labute approximate surface area is 102 Å². The quantitative estimate of drug-likeness (QED) is 0.333. The van der Waals surface area contributed by atoms with Crippen molar-refractivity contribution >= 4 is 11.7 Å². The molecule has 0 aliphatic carbocycles. The molecular weight excluding hydrogens is 234 g/mol. The lowest BCUT2D eigenvalue weighted by Gasteiger charge is -2.16. The van der Waals surface area contributed by atoms with Crippen LogP contribution in [-0.2, 0) is 13.1 Å². The highest BCUT2D eigenvalue weighted by Crippen LogP contribution is 2.24. The van der Waals surface area contributed by atoms with Crippen LogP contribution in [0.2, 0.25) is 0 Å². The first-order valence-electron chi connectivity index (χ1n) is 5.42. The molecule has 1 aliphatic rings. The van der Waals surface area contributed by atoms with E-state index in [2.05, 4.69) is 20.1 Å². The smallest absolute Gasteiger partial charge is 0.202 e. The molecule has 7 heteroatoms. The lowest BCUT2D eigenvalue weighted by molar-refractivity contribution is 0.293. The van der Waals surface area contributed by atoms with E-state index >= 15 is 0 Å². The molecule has 0 spiro atoms. The van der Waals surface area contributed by atoms with E-state index < -0.39 is 0 Å². The summed E-state index contributed by atoms with van der Waals surface area (Å²) in [4.78, 5) is 1.86. The van der Waals surface area contributed by atoms with Gasteiger partial charge < -0.3 is 15.8 Å². The van der Waals surface area contributed by atoms with Crippen LogP contribution in [0.1, 0.15) is 16.8 Å². The molecule has 0 amide bonds. The second kappa shape index (κ2) is 4.02. The van der Waals surface area contributed by atoms with Gasteiger partial charge in [-0.15, -0.1) is 0 Å². The van der Waals surface area contributed by atoms with Crippen molar-refractivity contribution in [3.8, 4) is 0 Å². The molecule has 0 bridgehead atoms. The zero-order valence-corrected chi connectivity index (χ0v) is 9.45. The normalized spacial score (nSPS) is 14.9. The van der Waals surface area contributed by atoms with Gasteiger partial charge >= 0.3 is 0 Å². The molecule has 18 heavy (non-hydrogen) atoms. The van der Waals surface area contributed by atoms with Crippen LogP contribution in [0, 0.1) is 0 Å². The summed E-state index contributed by atoms with van der Waals surface area (Å²) in [7, 11) is 0. The van der Waals surface area contributed by atoms with Crippen LogP contribution < -0.4 is 5.73 Å². The summed E-state index contributed by atoms with van der Waals surface area (Å²) in [5.74, 6) is 0.378. The van der Waals surface area contributed by atoms with Gasteiger partial charge in [-0.1, -0.05) is 29.4 Å². The Morgan fingerprint density at radius 1 is 1.28 bits per heavy atom. The molecule has 0 saturated carbocycles. The Kier molecular flexibility index (Phi) is 2.36. The number of amidine groups is 1. The summed E-state index contributed by atoms with van der Waals surface area (Å²) in [5, 5.41) is 19.5. The second-order valence-corrected chi connectivity index (χ2v) is 4.05. The largest absolute Gasteiger partial charge is 0.409 e. The number of benzene rings is 1. The number of nitrogens with zero attached hydrogens (tertiary/aromatic N) is 4. The fourth-order valence-corrected chi connectivity index (χ4v) is 2.09. The van der Waals surface area contributed by atoms with Gasteiger partial charge in [-0.05, 0) is 21.4 Å². The SMILES string of the molecule is Nc1nonc1C(=NO)N1Cc2ccccc2C1. The second-order valence-electron chi connectivity index (χ2n) is 4.05. The topological polar surface area (TPSA) is 101 Å². The van der Waals surface area contributed by atoms with Crippen LogP contribution in [0.5, 0.6) is 0 Å². The van der Waals surface area contributed by atoms with E-state index in [1.54, 1.807) is 0 Å². The van der Waals surface area contributed by atoms with Crippen molar-refractivity contribution in [1.82, 2.24) is 15.2 Å². The summed E-state index contributed by atoms with van der Waals surface area (Å²) < 4.78 is 4.52. The third-order valence-electron chi connectivity index (χ3n) is 2.96. The molecule has 92 valence electrons. The molecule has 0 fully saturated rings. The Balaban J connectivity index is 1.92. The minimum atomic E-state index is 0.110. The van der Waals surface area contributed by atoms with Gasteiger partial charge in [0.2, 0.25) is 5.84 Å². The number of hydrogen-bond donors (Lipinski definition) is 2. The number of hydrogen-bond acceptors (Lipinski definition) is 6. The van der Waals surface area contributed by atoms with E-state index in [4.69, 9.17) is 10.9 Å². The maximum Gasteiger partial charge on any atom is 0.202 e. The van der Waals surface area contributed by atoms with Crippen molar-refractivity contribution in [3.05, 3.63) is 41.1 Å². The third kappa shape index (κ3) is 1.56. The molecule has 3 rings (SSSR count). The summed E-state index contributed by atoms with van der Waals surface area (Å²) >= 11 is 0. The minimum absolute atomic E-state index is 0.110. The Morgan fingerprint density at radius 3 is 2.44 bits per heavy atom. The predicted octanol–water partition coefficient (Wildman–Crippen LogP) is 0.803. The summed E-state index contributed by atoms with van der Waals surface area (Å²) in [6, 6.07) is 8.03. The van der Waals surface area contributed by atoms with Crippen LogP contribution >= 0.6 is 0 Å². The molecule has 3 N–H and O–H groups in total. The number of anilines is 1. The maximum absolute atomic E-state index is 9.14. The van der Waals surface area contributed by atoms with Crippen molar-refractivity contribution < 1.29 is 9.84 Å². The first-order valence-corrected chi connectivity index (χ1v) is 5.42. The summed E-state index contributed by atoms with van der Waals surface area (Å²) in [6.45, 7) is 1.28. The van der Waals surface area contributed by atoms with E-state index in [0.717, 1.165) is 0 Å². The highest BCUT2D eigenvalue weighted by atomic mass is 16.6. The number of fused-ring (bicyclic) bond motifs is 1. The fourth-order valence-electron chi connectivity index (χ4n) is 2.09. The highest BCUT2D eigenvalue weighted by molar-refractivity contribution is 6.00. The van der Waals surface area contributed by atoms with Crippen LogP contribution in [0.15, 0.2) is 34.1 Å². The van der Waals surface area contributed by atoms with Crippen LogP contribution in [0.4, 0.5) is 5.82 Å². The van der Waals surface area contributed by atoms with Crippen molar-refractivity contribution in [1.29, 1.82) is 0 Å². The molecule has 0 unspecified atom stereocenters. The Hall–Kier alpha value is -2.57. The fraction of sp³-hybridized carbons (Fsp3) is 0.182. The average Bonchev–Trinajstić information content (AvgIpc) is 2.97. The zero-order valence-electron chi connectivity index (χ0n) is 9.45. The van der Waals surface area contributed by atoms with E-state index in [1.807, 2.05) is 29.2 Å². The van der Waals surface area contributed by atoms with Crippen LogP contribution in [0.25, 0.3) is 0 Å². The predicted molar refractivity (Wildman–Crippen MR) is 62.7 cm³/mol. The number of oxime groups is 1. The minimum Gasteiger partial charge on any atom is -0.409 e. The number of nitrogen functional groups attached to an aromatic ring is 1. The molecule has 2 aromatic rings. The van der Waals surface area contributed by atoms with E-state index in [0.29, 0.717) is 13.1 Å². The molecule has 1 aliphatic heterocycles. The number of aromatic nitrogens is 2. The van der Waals surface area contributed by atoms with Gasteiger partial charge in [0.1, 0.15) is 0 Å². The lowest BCUT2D eigenvalue weighted by atomic mass is 10.1. The Morgan fingerprint density at radius 2 is 1.94 bits per heavy atom. The molecule has 7 nitrogen and oxygen atoms in total. The standard InChI is InChI=1S/C11H11N5O2/c12-10-9(14-18-15-10)11(13-17)16-5-7-3-1-2-4-8(7)6-16/h1-4,17H,5-6H2,(H2,12,15). The van der Waals surface area contributed by atoms with Gasteiger partial charge in [0.05, 0.1) is 0 Å². The van der Waals surface area contributed by atoms with Crippen molar-refractivity contribution in [3.63, 3.8) is 0 Å². The first-order chi connectivity index (χ1) is 8.79. The summed E-state index contributed by atoms with van der Waals surface area (Å²) in [5.41, 5.74) is 8.24. The van der Waals surface area contributed by atoms with Crippen LogP contribution in [-0.4, -0.2) is 26.3 Å². The Bertz CT molecular complexity index is 582. The first kappa shape index (κ1) is 10.6. The van der Waals surface area contributed by atoms with Crippen molar-refractivity contribution in [2.45, 2.75) is 13.1 Å². The van der Waals surface area contributed by atoms with Gasteiger partial charge in [0.15, 0.2) is 11.5 Å². The van der Waals surface area contributed by atoms with Gasteiger partial charge in [-0.3, -0.25) is 0 Å².